The zero-order chi connectivity index (χ0) is 15.5. The van der Waals surface area contributed by atoms with Gasteiger partial charge in [0.2, 0.25) is 0 Å². The maximum absolute atomic E-state index is 13.6. The molecule has 1 atom stereocenters. The summed E-state index contributed by atoms with van der Waals surface area (Å²) in [6.45, 7) is -0.594. The van der Waals surface area contributed by atoms with Crippen LogP contribution in [0, 0.1) is 0 Å². The largest absolute Gasteiger partial charge is 0.496 e. The second-order valence-electron chi connectivity index (χ2n) is 4.82. The number of alkyl halides is 1. The van der Waals surface area contributed by atoms with Crippen LogP contribution in [0.1, 0.15) is 11.6 Å². The second kappa shape index (κ2) is 5.97. The SMILES string of the molecule is COc1ccccc1C(CF)Nc1ncnc2cnn(C)c12. The number of aromatic nitrogens is 4. The van der Waals surface area contributed by atoms with Crippen molar-refractivity contribution >= 4 is 16.9 Å². The van der Waals surface area contributed by atoms with Gasteiger partial charge in [-0.1, -0.05) is 18.2 Å². The number of fused-ring (bicyclic) bond motifs is 1. The molecule has 2 aromatic heterocycles. The zero-order valence-corrected chi connectivity index (χ0v) is 12.3. The van der Waals surface area contributed by atoms with Crippen LogP contribution < -0.4 is 10.1 Å². The van der Waals surface area contributed by atoms with Crippen LogP contribution in [-0.2, 0) is 7.05 Å². The molecule has 0 radical (unpaired) electrons. The number of hydrogen-bond donors (Lipinski definition) is 1. The maximum Gasteiger partial charge on any atom is 0.156 e. The van der Waals surface area contributed by atoms with Gasteiger partial charge in [0.15, 0.2) is 5.82 Å². The number of aryl methyl sites for hydroxylation is 1. The number of anilines is 1. The Hall–Kier alpha value is -2.70. The Morgan fingerprint density at radius 1 is 1.32 bits per heavy atom. The zero-order valence-electron chi connectivity index (χ0n) is 12.3. The summed E-state index contributed by atoms with van der Waals surface area (Å²) in [5, 5.41) is 7.27. The number of nitrogens with one attached hydrogen (secondary N) is 1. The van der Waals surface area contributed by atoms with E-state index in [0.717, 1.165) is 11.1 Å². The number of halogens is 1. The van der Waals surface area contributed by atoms with Crippen molar-refractivity contribution in [2.45, 2.75) is 6.04 Å². The molecule has 2 heterocycles. The van der Waals surface area contributed by atoms with Crippen molar-refractivity contribution < 1.29 is 9.13 Å². The minimum absolute atomic E-state index is 0.540. The van der Waals surface area contributed by atoms with Crippen molar-refractivity contribution in [3.63, 3.8) is 0 Å². The normalized spacial score (nSPS) is 12.3. The van der Waals surface area contributed by atoms with Crippen molar-refractivity contribution in [3.8, 4) is 5.75 Å². The van der Waals surface area contributed by atoms with Gasteiger partial charge in [-0.25, -0.2) is 14.4 Å². The first-order valence-corrected chi connectivity index (χ1v) is 6.82. The third-order valence-corrected chi connectivity index (χ3v) is 3.51. The lowest BCUT2D eigenvalue weighted by Crippen LogP contribution is -2.15. The lowest BCUT2D eigenvalue weighted by molar-refractivity contribution is 0.394. The van der Waals surface area contributed by atoms with E-state index < -0.39 is 12.7 Å². The number of para-hydroxylation sites is 1. The summed E-state index contributed by atoms with van der Waals surface area (Å²) in [4.78, 5) is 8.37. The maximum atomic E-state index is 13.6. The molecule has 0 aliphatic rings. The van der Waals surface area contributed by atoms with Crippen LogP contribution in [0.4, 0.5) is 10.2 Å². The fraction of sp³-hybridized carbons (Fsp3) is 0.267. The van der Waals surface area contributed by atoms with E-state index in [-0.39, 0.29) is 0 Å². The van der Waals surface area contributed by atoms with Crippen LogP contribution in [-0.4, -0.2) is 33.5 Å². The highest BCUT2D eigenvalue weighted by Crippen LogP contribution is 2.29. The number of hydrogen-bond acceptors (Lipinski definition) is 5. The summed E-state index contributed by atoms with van der Waals surface area (Å²) in [7, 11) is 3.36. The highest BCUT2D eigenvalue weighted by atomic mass is 19.1. The number of methoxy groups -OCH3 is 1. The van der Waals surface area contributed by atoms with Crippen molar-refractivity contribution in [3.05, 3.63) is 42.4 Å². The van der Waals surface area contributed by atoms with Gasteiger partial charge in [-0.05, 0) is 6.07 Å². The molecule has 1 N–H and O–H groups in total. The van der Waals surface area contributed by atoms with Crippen molar-refractivity contribution in [1.29, 1.82) is 0 Å². The van der Waals surface area contributed by atoms with E-state index in [1.54, 1.807) is 31.1 Å². The van der Waals surface area contributed by atoms with E-state index >= 15 is 0 Å². The van der Waals surface area contributed by atoms with Gasteiger partial charge in [0, 0.05) is 12.6 Å². The van der Waals surface area contributed by atoms with Gasteiger partial charge in [-0.3, -0.25) is 4.68 Å². The third-order valence-electron chi connectivity index (χ3n) is 3.51. The molecule has 0 saturated heterocycles. The number of rotatable bonds is 5. The molecule has 0 bridgehead atoms. The van der Waals surface area contributed by atoms with Crippen LogP contribution in [0.25, 0.3) is 11.0 Å². The first kappa shape index (κ1) is 14.2. The average molecular weight is 301 g/mol. The molecule has 1 unspecified atom stereocenters. The number of ether oxygens (including phenoxy) is 1. The van der Waals surface area contributed by atoms with Gasteiger partial charge in [0.05, 0.1) is 19.3 Å². The van der Waals surface area contributed by atoms with E-state index in [4.69, 9.17) is 4.74 Å². The molecule has 0 aliphatic carbocycles. The minimum Gasteiger partial charge on any atom is -0.496 e. The van der Waals surface area contributed by atoms with Crippen molar-refractivity contribution in [2.24, 2.45) is 7.05 Å². The molecule has 0 fully saturated rings. The van der Waals surface area contributed by atoms with E-state index in [1.807, 2.05) is 18.2 Å². The summed E-state index contributed by atoms with van der Waals surface area (Å²) in [6.07, 6.45) is 3.08. The Morgan fingerprint density at radius 2 is 2.14 bits per heavy atom. The molecule has 0 saturated carbocycles. The highest BCUT2D eigenvalue weighted by molar-refractivity contribution is 5.85. The molecule has 3 aromatic rings. The Morgan fingerprint density at radius 3 is 2.91 bits per heavy atom. The minimum atomic E-state index is -0.594. The summed E-state index contributed by atoms with van der Waals surface area (Å²) in [5.41, 5.74) is 2.18. The standard InChI is InChI=1S/C15H16FN5O/c1-21-14-12(8-19-21)17-9-18-15(14)20-11(7-16)10-5-3-4-6-13(10)22-2/h3-6,8-9,11H,7H2,1-2H3,(H,17,18,20). The molecule has 22 heavy (non-hydrogen) atoms. The van der Waals surface area contributed by atoms with E-state index in [1.165, 1.54) is 6.33 Å². The van der Waals surface area contributed by atoms with E-state index in [9.17, 15) is 4.39 Å². The molecular weight excluding hydrogens is 285 g/mol. The quantitative estimate of drug-likeness (QED) is 0.784. The molecular formula is C15H16FN5O. The lowest BCUT2D eigenvalue weighted by Gasteiger charge is -2.19. The van der Waals surface area contributed by atoms with Crippen LogP contribution in [0.15, 0.2) is 36.8 Å². The van der Waals surface area contributed by atoms with Crippen molar-refractivity contribution in [1.82, 2.24) is 19.7 Å². The molecule has 0 amide bonds. The average Bonchev–Trinajstić information content (AvgIpc) is 2.95. The summed E-state index contributed by atoms with van der Waals surface area (Å²) in [5.74, 6) is 1.17. The highest BCUT2D eigenvalue weighted by Gasteiger charge is 2.18. The van der Waals surface area contributed by atoms with Crippen LogP contribution >= 0.6 is 0 Å². The molecule has 114 valence electrons. The monoisotopic (exact) mass is 301 g/mol. The Bertz CT molecular complexity index is 788. The Kier molecular flexibility index (Phi) is 3.86. The molecule has 0 aliphatic heterocycles. The van der Waals surface area contributed by atoms with Gasteiger partial charge in [0.25, 0.3) is 0 Å². The molecule has 1 aromatic carbocycles. The van der Waals surface area contributed by atoms with Crippen LogP contribution in [0.2, 0.25) is 0 Å². The molecule has 7 heteroatoms. The molecule has 6 nitrogen and oxygen atoms in total. The first-order chi connectivity index (χ1) is 10.7. The fourth-order valence-corrected chi connectivity index (χ4v) is 2.43. The molecule has 3 rings (SSSR count). The number of benzene rings is 1. The lowest BCUT2D eigenvalue weighted by atomic mass is 10.1. The fourth-order valence-electron chi connectivity index (χ4n) is 2.43. The third kappa shape index (κ3) is 2.45. The van der Waals surface area contributed by atoms with Gasteiger partial charge in [-0.15, -0.1) is 0 Å². The van der Waals surface area contributed by atoms with E-state index in [0.29, 0.717) is 17.1 Å². The Labute approximate surface area is 127 Å². The molecule has 0 spiro atoms. The smallest absolute Gasteiger partial charge is 0.156 e. The van der Waals surface area contributed by atoms with Gasteiger partial charge in [-0.2, -0.15) is 5.10 Å². The summed E-state index contributed by atoms with van der Waals surface area (Å²) >= 11 is 0. The summed E-state index contributed by atoms with van der Waals surface area (Å²) < 4.78 is 20.6. The second-order valence-corrected chi connectivity index (χ2v) is 4.82. The van der Waals surface area contributed by atoms with Gasteiger partial charge in [0.1, 0.15) is 29.8 Å². The van der Waals surface area contributed by atoms with Crippen molar-refractivity contribution in [2.75, 3.05) is 19.1 Å². The van der Waals surface area contributed by atoms with Crippen LogP contribution in [0.3, 0.4) is 0 Å². The van der Waals surface area contributed by atoms with Crippen LogP contribution in [0.5, 0.6) is 5.75 Å². The van der Waals surface area contributed by atoms with Gasteiger partial charge < -0.3 is 10.1 Å². The first-order valence-electron chi connectivity index (χ1n) is 6.82. The number of nitrogens with zero attached hydrogens (tertiary/aromatic N) is 4. The summed E-state index contributed by atoms with van der Waals surface area (Å²) in [6, 6.07) is 6.77. The van der Waals surface area contributed by atoms with E-state index in [2.05, 4.69) is 20.4 Å². The topological polar surface area (TPSA) is 64.9 Å². The predicted molar refractivity (Wildman–Crippen MR) is 81.6 cm³/mol. The predicted octanol–water partition coefficient (Wildman–Crippen LogP) is 2.49. The van der Waals surface area contributed by atoms with Gasteiger partial charge >= 0.3 is 0 Å². The Balaban J connectivity index is 2.00.